The minimum absolute atomic E-state index is 0.159. The number of hydrogen-bond donors (Lipinski definition) is 1. The number of piperidine rings is 1. The normalized spacial score (nSPS) is 24.3. The molecule has 1 aromatic rings. The van der Waals surface area contributed by atoms with Crippen molar-refractivity contribution in [3.8, 4) is 0 Å². The third-order valence-corrected chi connectivity index (χ3v) is 3.88. The van der Waals surface area contributed by atoms with Crippen LogP contribution >= 0.6 is 0 Å². The van der Waals surface area contributed by atoms with E-state index in [-0.39, 0.29) is 10.6 Å². The Hall–Kier alpha value is -1.46. The van der Waals surface area contributed by atoms with Gasteiger partial charge < -0.3 is 5.73 Å². The van der Waals surface area contributed by atoms with E-state index >= 15 is 0 Å². The molecule has 1 saturated heterocycles. The predicted octanol–water partition coefficient (Wildman–Crippen LogP) is 2.15. The van der Waals surface area contributed by atoms with Gasteiger partial charge in [0, 0.05) is 31.3 Å². The van der Waals surface area contributed by atoms with E-state index in [0.29, 0.717) is 12.6 Å². The van der Waals surface area contributed by atoms with Gasteiger partial charge in [-0.15, -0.1) is 0 Å². The van der Waals surface area contributed by atoms with Crippen molar-refractivity contribution in [3.63, 3.8) is 0 Å². The fourth-order valence-electron chi connectivity index (χ4n) is 2.76. The van der Waals surface area contributed by atoms with E-state index in [0.717, 1.165) is 31.0 Å². The van der Waals surface area contributed by atoms with Gasteiger partial charge in [-0.05, 0) is 30.9 Å². The first kappa shape index (κ1) is 14.0. The molecular formula is C14H21N3O2. The molecule has 0 radical (unpaired) electrons. The van der Waals surface area contributed by atoms with Crippen LogP contribution in [0.3, 0.4) is 0 Å². The van der Waals surface area contributed by atoms with Gasteiger partial charge in [0.05, 0.1) is 4.92 Å². The lowest BCUT2D eigenvalue weighted by molar-refractivity contribution is -0.384. The minimum Gasteiger partial charge on any atom is -0.329 e. The van der Waals surface area contributed by atoms with Gasteiger partial charge in [-0.3, -0.25) is 15.0 Å². The molecule has 5 nitrogen and oxygen atoms in total. The van der Waals surface area contributed by atoms with Crippen molar-refractivity contribution in [1.82, 2.24) is 4.90 Å². The summed E-state index contributed by atoms with van der Waals surface area (Å²) in [6.07, 6.45) is 2.29. The van der Waals surface area contributed by atoms with Crippen LogP contribution in [0.25, 0.3) is 0 Å². The first-order valence-electron chi connectivity index (χ1n) is 6.77. The third kappa shape index (κ3) is 3.52. The summed E-state index contributed by atoms with van der Waals surface area (Å²) in [4.78, 5) is 12.8. The van der Waals surface area contributed by atoms with Crippen LogP contribution in [0.2, 0.25) is 0 Å². The molecule has 1 aliphatic heterocycles. The molecule has 5 heteroatoms. The van der Waals surface area contributed by atoms with Crippen molar-refractivity contribution < 1.29 is 4.92 Å². The van der Waals surface area contributed by atoms with Crippen LogP contribution in [-0.2, 0) is 6.54 Å². The van der Waals surface area contributed by atoms with Gasteiger partial charge in [0.25, 0.3) is 5.69 Å². The van der Waals surface area contributed by atoms with Gasteiger partial charge in [0.2, 0.25) is 0 Å². The zero-order valence-corrected chi connectivity index (χ0v) is 11.3. The highest BCUT2D eigenvalue weighted by Crippen LogP contribution is 2.24. The van der Waals surface area contributed by atoms with E-state index in [1.54, 1.807) is 12.1 Å². The summed E-state index contributed by atoms with van der Waals surface area (Å²) in [7, 11) is 0. The van der Waals surface area contributed by atoms with Gasteiger partial charge in [-0.2, -0.15) is 0 Å². The number of likely N-dealkylation sites (tertiary alicyclic amines) is 1. The number of benzene rings is 1. The second kappa shape index (κ2) is 6.12. The zero-order chi connectivity index (χ0) is 13.8. The Morgan fingerprint density at radius 3 is 3.00 bits per heavy atom. The first-order chi connectivity index (χ1) is 9.10. The number of nitro groups is 1. The first-order valence-corrected chi connectivity index (χ1v) is 6.77. The summed E-state index contributed by atoms with van der Waals surface area (Å²) in [5.74, 6) is 0.718. The lowest BCUT2D eigenvalue weighted by Gasteiger charge is -2.38. The Bertz CT molecular complexity index is 450. The summed E-state index contributed by atoms with van der Waals surface area (Å²) < 4.78 is 0. The average molecular weight is 263 g/mol. The van der Waals surface area contributed by atoms with E-state index in [9.17, 15) is 10.1 Å². The molecule has 1 aromatic carbocycles. The van der Waals surface area contributed by atoms with Crippen LogP contribution in [0.15, 0.2) is 24.3 Å². The number of nitrogens with zero attached hydrogens (tertiary/aromatic N) is 2. The van der Waals surface area contributed by atoms with Crippen molar-refractivity contribution in [2.24, 2.45) is 11.7 Å². The maximum atomic E-state index is 10.8. The summed E-state index contributed by atoms with van der Waals surface area (Å²) in [5, 5.41) is 10.8. The highest BCUT2D eigenvalue weighted by molar-refractivity contribution is 5.34. The summed E-state index contributed by atoms with van der Waals surface area (Å²) in [6.45, 7) is 4.68. The molecule has 0 aromatic heterocycles. The van der Waals surface area contributed by atoms with Crippen molar-refractivity contribution in [3.05, 3.63) is 39.9 Å². The fraction of sp³-hybridized carbons (Fsp3) is 0.571. The second-order valence-corrected chi connectivity index (χ2v) is 5.42. The lowest BCUT2D eigenvalue weighted by Crippen LogP contribution is -2.45. The van der Waals surface area contributed by atoms with E-state index < -0.39 is 0 Å². The van der Waals surface area contributed by atoms with Crippen LogP contribution in [0.5, 0.6) is 0 Å². The van der Waals surface area contributed by atoms with Gasteiger partial charge in [0.15, 0.2) is 0 Å². The van der Waals surface area contributed by atoms with Crippen LogP contribution in [0, 0.1) is 16.0 Å². The van der Waals surface area contributed by atoms with Gasteiger partial charge in [0.1, 0.15) is 0 Å². The monoisotopic (exact) mass is 263 g/mol. The summed E-state index contributed by atoms with van der Waals surface area (Å²) in [6, 6.07) is 7.27. The van der Waals surface area contributed by atoms with Crippen molar-refractivity contribution in [2.75, 3.05) is 13.1 Å². The van der Waals surface area contributed by atoms with Gasteiger partial charge >= 0.3 is 0 Å². The molecule has 0 aliphatic carbocycles. The summed E-state index contributed by atoms with van der Waals surface area (Å²) >= 11 is 0. The minimum atomic E-state index is -0.345. The number of nitrogens with two attached hydrogens (primary N) is 1. The Kier molecular flexibility index (Phi) is 4.50. The second-order valence-electron chi connectivity index (χ2n) is 5.42. The zero-order valence-electron chi connectivity index (χ0n) is 11.3. The molecule has 0 spiro atoms. The molecule has 0 bridgehead atoms. The van der Waals surface area contributed by atoms with E-state index in [1.165, 1.54) is 12.5 Å². The highest BCUT2D eigenvalue weighted by atomic mass is 16.6. The maximum Gasteiger partial charge on any atom is 0.269 e. The molecule has 104 valence electrons. The Morgan fingerprint density at radius 2 is 2.32 bits per heavy atom. The Labute approximate surface area is 113 Å². The molecule has 2 N–H and O–H groups in total. The van der Waals surface area contributed by atoms with Crippen molar-refractivity contribution >= 4 is 5.69 Å². The molecule has 2 atom stereocenters. The molecule has 2 rings (SSSR count). The van der Waals surface area contributed by atoms with Crippen LogP contribution < -0.4 is 5.73 Å². The molecule has 0 amide bonds. The Balaban J connectivity index is 2.07. The largest absolute Gasteiger partial charge is 0.329 e. The standard InChI is InChI=1S/C14H21N3O2/c1-11-5-6-16(14(7-11)9-15)10-12-3-2-4-13(8-12)17(18)19/h2-4,8,11,14H,5-7,9-10,15H2,1H3. The van der Waals surface area contributed by atoms with Crippen LogP contribution in [0.1, 0.15) is 25.3 Å². The van der Waals surface area contributed by atoms with E-state index in [2.05, 4.69) is 11.8 Å². The lowest BCUT2D eigenvalue weighted by atomic mass is 9.92. The highest BCUT2D eigenvalue weighted by Gasteiger charge is 2.25. The molecule has 1 fully saturated rings. The molecule has 0 saturated carbocycles. The topological polar surface area (TPSA) is 72.4 Å². The number of non-ortho nitro benzene ring substituents is 1. The van der Waals surface area contributed by atoms with Crippen LogP contribution in [0.4, 0.5) is 5.69 Å². The van der Waals surface area contributed by atoms with Gasteiger partial charge in [-0.1, -0.05) is 19.1 Å². The smallest absolute Gasteiger partial charge is 0.269 e. The third-order valence-electron chi connectivity index (χ3n) is 3.88. The molecule has 1 aliphatic rings. The number of hydrogen-bond acceptors (Lipinski definition) is 4. The molecule has 1 heterocycles. The predicted molar refractivity (Wildman–Crippen MR) is 74.7 cm³/mol. The summed E-state index contributed by atoms with van der Waals surface area (Å²) in [5.41, 5.74) is 6.99. The SMILES string of the molecule is CC1CCN(Cc2cccc([N+](=O)[O-])c2)C(CN)C1. The van der Waals surface area contributed by atoms with Crippen molar-refractivity contribution in [1.29, 1.82) is 0 Å². The quantitative estimate of drug-likeness (QED) is 0.667. The average Bonchev–Trinajstić information content (AvgIpc) is 2.41. The van der Waals surface area contributed by atoms with E-state index in [4.69, 9.17) is 5.73 Å². The molecule has 19 heavy (non-hydrogen) atoms. The van der Waals surface area contributed by atoms with Crippen LogP contribution in [-0.4, -0.2) is 29.0 Å². The maximum absolute atomic E-state index is 10.8. The number of rotatable bonds is 4. The van der Waals surface area contributed by atoms with Gasteiger partial charge in [-0.25, -0.2) is 0 Å². The Morgan fingerprint density at radius 1 is 1.53 bits per heavy atom. The van der Waals surface area contributed by atoms with Crippen molar-refractivity contribution in [2.45, 2.75) is 32.4 Å². The fourth-order valence-corrected chi connectivity index (χ4v) is 2.76. The van der Waals surface area contributed by atoms with E-state index in [1.807, 2.05) is 6.07 Å². The molecular weight excluding hydrogens is 242 g/mol. The molecule has 2 unspecified atom stereocenters. The number of nitro benzene ring substituents is 1.